The number of para-hydroxylation sites is 1. The van der Waals surface area contributed by atoms with E-state index in [1.807, 2.05) is 31.2 Å². The molecule has 0 saturated heterocycles. The van der Waals surface area contributed by atoms with E-state index in [1.165, 1.54) is 0 Å². The number of carbonyl (C=O) groups excluding carboxylic acids is 1. The monoisotopic (exact) mass is 280 g/mol. The molecule has 112 valence electrons. The van der Waals surface area contributed by atoms with Crippen molar-refractivity contribution in [3.8, 4) is 0 Å². The Morgan fingerprint density at radius 1 is 1.15 bits per heavy atom. The van der Waals surface area contributed by atoms with Gasteiger partial charge in [0, 0.05) is 39.5 Å². The number of hydrogen-bond donors (Lipinski definition) is 1. The molecule has 0 radical (unpaired) electrons. The number of rotatable bonds is 9. The van der Waals surface area contributed by atoms with Gasteiger partial charge < -0.3 is 19.7 Å². The zero-order valence-corrected chi connectivity index (χ0v) is 12.5. The Hall–Kier alpha value is -1.59. The SMILES string of the molecule is CCNc1ccccc1C(=O)N(CCOC)CCOC. The van der Waals surface area contributed by atoms with E-state index in [0.717, 1.165) is 12.2 Å². The van der Waals surface area contributed by atoms with E-state index in [0.29, 0.717) is 31.9 Å². The molecule has 0 heterocycles. The van der Waals surface area contributed by atoms with Crippen LogP contribution in [0.25, 0.3) is 0 Å². The molecule has 0 spiro atoms. The fraction of sp³-hybridized carbons (Fsp3) is 0.533. The molecule has 0 bridgehead atoms. The van der Waals surface area contributed by atoms with Crippen molar-refractivity contribution in [2.45, 2.75) is 6.92 Å². The molecule has 0 aliphatic rings. The van der Waals surface area contributed by atoms with Crippen molar-refractivity contribution in [1.82, 2.24) is 4.90 Å². The molecule has 0 aliphatic heterocycles. The third kappa shape index (κ3) is 4.83. The van der Waals surface area contributed by atoms with Gasteiger partial charge in [0.05, 0.1) is 18.8 Å². The molecule has 0 aromatic heterocycles. The smallest absolute Gasteiger partial charge is 0.256 e. The first-order valence-corrected chi connectivity index (χ1v) is 6.84. The van der Waals surface area contributed by atoms with Gasteiger partial charge in [-0.05, 0) is 19.1 Å². The Kier molecular flexibility index (Phi) is 7.69. The number of ether oxygens (including phenoxy) is 2. The zero-order chi connectivity index (χ0) is 14.8. The van der Waals surface area contributed by atoms with Gasteiger partial charge in [0.2, 0.25) is 0 Å². The molecule has 5 nitrogen and oxygen atoms in total. The third-order valence-corrected chi connectivity index (χ3v) is 2.94. The predicted molar refractivity (Wildman–Crippen MR) is 80.3 cm³/mol. The molecule has 0 unspecified atom stereocenters. The van der Waals surface area contributed by atoms with Gasteiger partial charge in [-0.3, -0.25) is 4.79 Å². The molecule has 1 aromatic rings. The Morgan fingerprint density at radius 3 is 2.30 bits per heavy atom. The van der Waals surface area contributed by atoms with Crippen LogP contribution in [0.3, 0.4) is 0 Å². The Labute approximate surface area is 120 Å². The minimum atomic E-state index is -0.00403. The highest BCUT2D eigenvalue weighted by molar-refractivity contribution is 5.99. The van der Waals surface area contributed by atoms with Crippen LogP contribution < -0.4 is 5.32 Å². The number of hydrogen-bond acceptors (Lipinski definition) is 4. The van der Waals surface area contributed by atoms with Crippen LogP contribution in [0.5, 0.6) is 0 Å². The summed E-state index contributed by atoms with van der Waals surface area (Å²) in [5.41, 5.74) is 1.54. The van der Waals surface area contributed by atoms with Crippen molar-refractivity contribution in [1.29, 1.82) is 0 Å². The summed E-state index contributed by atoms with van der Waals surface area (Å²) in [5, 5.41) is 3.21. The van der Waals surface area contributed by atoms with Crippen molar-refractivity contribution in [3.05, 3.63) is 29.8 Å². The summed E-state index contributed by atoms with van der Waals surface area (Å²) in [5.74, 6) is -0.00403. The summed E-state index contributed by atoms with van der Waals surface area (Å²) >= 11 is 0. The molecule has 1 aromatic carbocycles. The second-order valence-electron chi connectivity index (χ2n) is 4.35. The Balaban J connectivity index is 2.86. The van der Waals surface area contributed by atoms with Gasteiger partial charge in [-0.2, -0.15) is 0 Å². The lowest BCUT2D eigenvalue weighted by Crippen LogP contribution is -2.36. The molecule has 0 aliphatic carbocycles. The summed E-state index contributed by atoms with van der Waals surface area (Å²) in [4.78, 5) is 14.4. The normalized spacial score (nSPS) is 10.3. The van der Waals surface area contributed by atoms with Crippen LogP contribution >= 0.6 is 0 Å². The van der Waals surface area contributed by atoms with Crippen molar-refractivity contribution in [2.75, 3.05) is 52.4 Å². The molecule has 20 heavy (non-hydrogen) atoms. The van der Waals surface area contributed by atoms with Gasteiger partial charge in [-0.15, -0.1) is 0 Å². The molecular formula is C15H24N2O3. The van der Waals surface area contributed by atoms with Gasteiger partial charge in [0.25, 0.3) is 5.91 Å². The molecule has 1 amide bonds. The van der Waals surface area contributed by atoms with Crippen LogP contribution in [0, 0.1) is 0 Å². The second kappa shape index (κ2) is 9.34. The molecular weight excluding hydrogens is 256 g/mol. The van der Waals surface area contributed by atoms with E-state index >= 15 is 0 Å². The number of benzene rings is 1. The predicted octanol–water partition coefficient (Wildman–Crippen LogP) is 1.85. The largest absolute Gasteiger partial charge is 0.385 e. The van der Waals surface area contributed by atoms with Crippen molar-refractivity contribution in [2.24, 2.45) is 0 Å². The van der Waals surface area contributed by atoms with Crippen LogP contribution in [0.15, 0.2) is 24.3 Å². The molecule has 0 saturated carbocycles. The summed E-state index contributed by atoms with van der Waals surface area (Å²) < 4.78 is 10.1. The van der Waals surface area contributed by atoms with Crippen LogP contribution in [-0.2, 0) is 9.47 Å². The topological polar surface area (TPSA) is 50.8 Å². The van der Waals surface area contributed by atoms with Gasteiger partial charge in [0.1, 0.15) is 0 Å². The second-order valence-corrected chi connectivity index (χ2v) is 4.35. The Bertz CT molecular complexity index is 402. The lowest BCUT2D eigenvalue weighted by Gasteiger charge is -2.23. The first kappa shape index (κ1) is 16.5. The maximum absolute atomic E-state index is 12.6. The first-order valence-electron chi connectivity index (χ1n) is 6.84. The fourth-order valence-corrected chi connectivity index (χ4v) is 1.90. The minimum absolute atomic E-state index is 0.00403. The fourth-order valence-electron chi connectivity index (χ4n) is 1.90. The highest BCUT2D eigenvalue weighted by Crippen LogP contribution is 2.17. The van der Waals surface area contributed by atoms with Gasteiger partial charge >= 0.3 is 0 Å². The minimum Gasteiger partial charge on any atom is -0.385 e. The summed E-state index contributed by atoms with van der Waals surface area (Å²) in [6.07, 6.45) is 0. The highest BCUT2D eigenvalue weighted by atomic mass is 16.5. The van der Waals surface area contributed by atoms with Crippen molar-refractivity contribution >= 4 is 11.6 Å². The number of nitrogens with one attached hydrogen (secondary N) is 1. The average Bonchev–Trinajstić information content (AvgIpc) is 2.48. The summed E-state index contributed by atoms with van der Waals surface area (Å²) in [7, 11) is 3.26. The summed E-state index contributed by atoms with van der Waals surface area (Å²) in [6.45, 7) is 4.92. The molecule has 1 N–H and O–H groups in total. The number of anilines is 1. The van der Waals surface area contributed by atoms with Crippen molar-refractivity contribution < 1.29 is 14.3 Å². The molecule has 0 fully saturated rings. The summed E-state index contributed by atoms with van der Waals surface area (Å²) in [6, 6.07) is 7.55. The van der Waals surface area contributed by atoms with E-state index in [9.17, 15) is 4.79 Å². The van der Waals surface area contributed by atoms with Crippen LogP contribution in [0.1, 0.15) is 17.3 Å². The highest BCUT2D eigenvalue weighted by Gasteiger charge is 2.18. The van der Waals surface area contributed by atoms with E-state index in [2.05, 4.69) is 5.32 Å². The van der Waals surface area contributed by atoms with Gasteiger partial charge in [0.15, 0.2) is 0 Å². The maximum atomic E-state index is 12.6. The number of nitrogens with zero attached hydrogens (tertiary/aromatic N) is 1. The number of carbonyl (C=O) groups is 1. The maximum Gasteiger partial charge on any atom is 0.256 e. The zero-order valence-electron chi connectivity index (χ0n) is 12.5. The third-order valence-electron chi connectivity index (χ3n) is 2.94. The molecule has 1 rings (SSSR count). The van der Waals surface area contributed by atoms with E-state index in [4.69, 9.17) is 9.47 Å². The number of methoxy groups -OCH3 is 2. The van der Waals surface area contributed by atoms with E-state index in [-0.39, 0.29) is 5.91 Å². The molecule has 0 atom stereocenters. The van der Waals surface area contributed by atoms with E-state index in [1.54, 1.807) is 19.1 Å². The quantitative estimate of drug-likeness (QED) is 0.750. The molecule has 5 heteroatoms. The standard InChI is InChI=1S/C15H24N2O3/c1-4-16-14-8-6-5-7-13(14)15(18)17(9-11-19-2)10-12-20-3/h5-8,16H,4,9-12H2,1-3H3. The lowest BCUT2D eigenvalue weighted by atomic mass is 10.1. The van der Waals surface area contributed by atoms with Crippen LogP contribution in [0.2, 0.25) is 0 Å². The van der Waals surface area contributed by atoms with Crippen LogP contribution in [0.4, 0.5) is 5.69 Å². The van der Waals surface area contributed by atoms with Gasteiger partial charge in [-0.25, -0.2) is 0 Å². The van der Waals surface area contributed by atoms with Gasteiger partial charge in [-0.1, -0.05) is 12.1 Å². The lowest BCUT2D eigenvalue weighted by molar-refractivity contribution is 0.0628. The Morgan fingerprint density at radius 2 is 1.75 bits per heavy atom. The average molecular weight is 280 g/mol. The number of amides is 1. The van der Waals surface area contributed by atoms with Crippen molar-refractivity contribution in [3.63, 3.8) is 0 Å². The van der Waals surface area contributed by atoms with Crippen LogP contribution in [-0.4, -0.2) is 57.9 Å². The van der Waals surface area contributed by atoms with E-state index < -0.39 is 0 Å². The first-order chi connectivity index (χ1) is 9.74.